The molecule has 0 bridgehead atoms. The van der Waals surface area contributed by atoms with Gasteiger partial charge in [0.15, 0.2) is 0 Å². The fourth-order valence-corrected chi connectivity index (χ4v) is 2.23. The van der Waals surface area contributed by atoms with Gasteiger partial charge in [-0.25, -0.2) is 5.43 Å². The van der Waals surface area contributed by atoms with Gasteiger partial charge >= 0.3 is 0 Å². The first-order valence-electron chi connectivity index (χ1n) is 7.89. The topological polar surface area (TPSA) is 69.2 Å². The van der Waals surface area contributed by atoms with Gasteiger partial charge in [-0.1, -0.05) is 0 Å². The number of nitrogens with one attached hydrogen (secondary N) is 1. The number of carbonyl (C=O) groups excluding carboxylic acids is 1. The smallest absolute Gasteiger partial charge is 0.271 e. The van der Waals surface area contributed by atoms with Gasteiger partial charge in [0.1, 0.15) is 17.2 Å². The molecule has 0 saturated carbocycles. The maximum atomic E-state index is 12.2. The molecule has 2 aromatic carbocycles. The Labute approximate surface area is 147 Å². The molecule has 2 aromatic rings. The highest BCUT2D eigenvalue weighted by Crippen LogP contribution is 2.25. The van der Waals surface area contributed by atoms with E-state index in [-0.39, 0.29) is 5.91 Å². The van der Waals surface area contributed by atoms with Crippen LogP contribution in [0, 0.1) is 0 Å². The van der Waals surface area contributed by atoms with E-state index in [4.69, 9.17) is 14.2 Å². The van der Waals surface area contributed by atoms with Crippen molar-refractivity contribution < 1.29 is 19.0 Å². The van der Waals surface area contributed by atoms with Crippen LogP contribution >= 0.6 is 0 Å². The lowest BCUT2D eigenvalue weighted by atomic mass is 10.1. The number of carbonyl (C=O) groups is 1. The molecule has 1 N–H and O–H groups in total. The predicted octanol–water partition coefficient (Wildman–Crippen LogP) is 3.26. The Bertz CT molecular complexity index is 755. The van der Waals surface area contributed by atoms with Crippen LogP contribution in [0.15, 0.2) is 47.6 Å². The van der Waals surface area contributed by atoms with Crippen molar-refractivity contribution in [2.24, 2.45) is 5.10 Å². The minimum absolute atomic E-state index is 0.296. The maximum absolute atomic E-state index is 12.2. The van der Waals surface area contributed by atoms with Crippen molar-refractivity contribution in [3.8, 4) is 17.2 Å². The molecular formula is C19H22N2O4. The Hall–Kier alpha value is -3.02. The van der Waals surface area contributed by atoms with Crippen LogP contribution in [0.4, 0.5) is 0 Å². The van der Waals surface area contributed by atoms with Crippen molar-refractivity contribution in [1.82, 2.24) is 5.43 Å². The lowest BCUT2D eigenvalue weighted by Gasteiger charge is -2.10. The Morgan fingerprint density at radius 2 is 1.72 bits per heavy atom. The minimum atomic E-state index is -0.296. The molecule has 0 saturated heterocycles. The fraction of sp³-hybridized carbons (Fsp3) is 0.263. The number of amides is 1. The highest BCUT2D eigenvalue weighted by Gasteiger charge is 2.09. The number of rotatable bonds is 7. The lowest BCUT2D eigenvalue weighted by molar-refractivity contribution is 0.0955. The SMILES string of the molecule is CCOc1ccc(C(=O)N/N=C(\C)c2ccc(OC)cc2OC)cc1. The third-order valence-corrected chi connectivity index (χ3v) is 3.55. The Balaban J connectivity index is 2.11. The molecule has 25 heavy (non-hydrogen) atoms. The molecule has 0 fully saturated rings. The van der Waals surface area contributed by atoms with Crippen LogP contribution in [0.25, 0.3) is 0 Å². The highest BCUT2D eigenvalue weighted by molar-refractivity contribution is 6.02. The summed E-state index contributed by atoms with van der Waals surface area (Å²) >= 11 is 0. The summed E-state index contributed by atoms with van der Waals surface area (Å²) in [5.41, 5.74) is 4.45. The summed E-state index contributed by atoms with van der Waals surface area (Å²) in [6.45, 7) is 4.28. The average molecular weight is 342 g/mol. The van der Waals surface area contributed by atoms with Gasteiger partial charge < -0.3 is 14.2 Å². The molecule has 6 nitrogen and oxygen atoms in total. The van der Waals surface area contributed by atoms with E-state index in [1.165, 1.54) is 0 Å². The Morgan fingerprint density at radius 1 is 1.04 bits per heavy atom. The third-order valence-electron chi connectivity index (χ3n) is 3.55. The van der Waals surface area contributed by atoms with Crippen molar-refractivity contribution in [3.63, 3.8) is 0 Å². The van der Waals surface area contributed by atoms with Crippen molar-refractivity contribution >= 4 is 11.6 Å². The van der Waals surface area contributed by atoms with Gasteiger partial charge in [0.2, 0.25) is 0 Å². The molecule has 132 valence electrons. The van der Waals surface area contributed by atoms with Crippen molar-refractivity contribution in [3.05, 3.63) is 53.6 Å². The first-order valence-corrected chi connectivity index (χ1v) is 7.89. The van der Waals surface area contributed by atoms with Gasteiger partial charge in [-0.3, -0.25) is 4.79 Å². The maximum Gasteiger partial charge on any atom is 0.271 e. The first kappa shape index (κ1) is 18.3. The van der Waals surface area contributed by atoms with Gasteiger partial charge in [0.05, 0.1) is 26.5 Å². The van der Waals surface area contributed by atoms with Crippen LogP contribution < -0.4 is 19.6 Å². The van der Waals surface area contributed by atoms with Crippen LogP contribution in [-0.2, 0) is 0 Å². The molecule has 0 atom stereocenters. The van der Waals surface area contributed by atoms with E-state index in [0.29, 0.717) is 29.4 Å². The zero-order chi connectivity index (χ0) is 18.2. The summed E-state index contributed by atoms with van der Waals surface area (Å²) in [5.74, 6) is 1.74. The number of hydrogen-bond donors (Lipinski definition) is 1. The van der Waals surface area contributed by atoms with E-state index in [1.807, 2.05) is 19.1 Å². The second kappa shape index (κ2) is 8.73. The molecule has 0 spiro atoms. The Kier molecular flexibility index (Phi) is 6.39. The zero-order valence-electron chi connectivity index (χ0n) is 14.8. The molecule has 2 rings (SSSR count). The monoisotopic (exact) mass is 342 g/mol. The van der Waals surface area contributed by atoms with Gasteiger partial charge in [-0.2, -0.15) is 5.10 Å². The van der Waals surface area contributed by atoms with Gasteiger partial charge in [-0.15, -0.1) is 0 Å². The van der Waals surface area contributed by atoms with Crippen LogP contribution in [0.1, 0.15) is 29.8 Å². The summed E-state index contributed by atoms with van der Waals surface area (Å²) in [4.78, 5) is 12.2. The van der Waals surface area contributed by atoms with E-state index in [9.17, 15) is 4.79 Å². The summed E-state index contributed by atoms with van der Waals surface area (Å²) < 4.78 is 15.9. The minimum Gasteiger partial charge on any atom is -0.497 e. The molecule has 0 unspecified atom stereocenters. The number of hydrazone groups is 1. The summed E-state index contributed by atoms with van der Waals surface area (Å²) in [6.07, 6.45) is 0. The standard InChI is InChI=1S/C19H22N2O4/c1-5-25-15-8-6-14(7-9-15)19(22)21-20-13(2)17-11-10-16(23-3)12-18(17)24-4/h6-12H,5H2,1-4H3,(H,21,22)/b20-13+. The number of ether oxygens (including phenoxy) is 3. The number of hydrogen-bond acceptors (Lipinski definition) is 5. The van der Waals surface area contributed by atoms with E-state index in [1.54, 1.807) is 51.5 Å². The molecule has 0 aromatic heterocycles. The molecule has 0 heterocycles. The second-order valence-electron chi connectivity index (χ2n) is 5.16. The highest BCUT2D eigenvalue weighted by atomic mass is 16.5. The van der Waals surface area contributed by atoms with Crippen molar-refractivity contribution in [1.29, 1.82) is 0 Å². The molecule has 0 radical (unpaired) electrons. The van der Waals surface area contributed by atoms with E-state index < -0.39 is 0 Å². The summed E-state index contributed by atoms with van der Waals surface area (Å²) in [7, 11) is 3.16. The van der Waals surface area contributed by atoms with E-state index >= 15 is 0 Å². The van der Waals surface area contributed by atoms with E-state index in [2.05, 4.69) is 10.5 Å². The van der Waals surface area contributed by atoms with Gasteiger partial charge in [-0.05, 0) is 50.2 Å². The lowest BCUT2D eigenvalue weighted by Crippen LogP contribution is -2.19. The summed E-state index contributed by atoms with van der Waals surface area (Å²) in [6, 6.07) is 12.3. The van der Waals surface area contributed by atoms with Gasteiger partial charge in [0, 0.05) is 17.2 Å². The molecule has 0 aliphatic carbocycles. The zero-order valence-corrected chi connectivity index (χ0v) is 14.8. The normalized spacial score (nSPS) is 11.0. The first-order chi connectivity index (χ1) is 12.1. The second-order valence-corrected chi connectivity index (χ2v) is 5.16. The van der Waals surface area contributed by atoms with Crippen LogP contribution in [-0.4, -0.2) is 32.4 Å². The van der Waals surface area contributed by atoms with Crippen LogP contribution in [0.5, 0.6) is 17.2 Å². The van der Waals surface area contributed by atoms with Crippen LogP contribution in [0.2, 0.25) is 0 Å². The number of nitrogens with zero attached hydrogens (tertiary/aromatic N) is 1. The summed E-state index contributed by atoms with van der Waals surface area (Å²) in [5, 5.41) is 4.16. The van der Waals surface area contributed by atoms with Gasteiger partial charge in [0.25, 0.3) is 5.91 Å². The predicted molar refractivity (Wildman–Crippen MR) is 96.8 cm³/mol. The van der Waals surface area contributed by atoms with Crippen molar-refractivity contribution in [2.75, 3.05) is 20.8 Å². The quantitative estimate of drug-likeness (QED) is 0.619. The largest absolute Gasteiger partial charge is 0.497 e. The number of benzene rings is 2. The van der Waals surface area contributed by atoms with Crippen molar-refractivity contribution in [2.45, 2.75) is 13.8 Å². The Morgan fingerprint density at radius 3 is 2.32 bits per heavy atom. The molecule has 6 heteroatoms. The molecule has 0 aliphatic rings. The fourth-order valence-electron chi connectivity index (χ4n) is 2.23. The third kappa shape index (κ3) is 4.73. The van der Waals surface area contributed by atoms with Crippen LogP contribution in [0.3, 0.4) is 0 Å². The number of methoxy groups -OCH3 is 2. The van der Waals surface area contributed by atoms with E-state index in [0.717, 1.165) is 11.3 Å². The molecule has 1 amide bonds. The molecule has 0 aliphatic heterocycles. The molecular weight excluding hydrogens is 320 g/mol. The average Bonchev–Trinajstić information content (AvgIpc) is 2.66.